The molecule has 0 radical (unpaired) electrons. The van der Waals surface area contributed by atoms with Crippen LogP contribution in [-0.4, -0.2) is 30.1 Å². The molecule has 0 atom stereocenters. The Morgan fingerprint density at radius 3 is 2.41 bits per heavy atom. The van der Waals surface area contributed by atoms with E-state index in [1.54, 1.807) is 18.2 Å². The summed E-state index contributed by atoms with van der Waals surface area (Å²) in [4.78, 5) is 3.07. The summed E-state index contributed by atoms with van der Waals surface area (Å²) in [6, 6.07) is 9.50. The van der Waals surface area contributed by atoms with Gasteiger partial charge in [0.15, 0.2) is 0 Å². The average Bonchev–Trinajstić information content (AvgIpc) is 3.38. The van der Waals surface area contributed by atoms with Crippen LogP contribution in [0.4, 0.5) is 13.2 Å². The van der Waals surface area contributed by atoms with Crippen LogP contribution in [0.1, 0.15) is 19.3 Å². The van der Waals surface area contributed by atoms with E-state index in [-0.39, 0.29) is 16.2 Å². The molecule has 10 heteroatoms. The number of nitrogens with one attached hydrogen (secondary N) is 3. The Morgan fingerprint density at radius 2 is 1.78 bits per heavy atom. The average molecular weight is 462 g/mol. The maximum Gasteiger partial charge on any atom is 0.243 e. The van der Waals surface area contributed by atoms with E-state index in [1.807, 2.05) is 0 Å². The van der Waals surface area contributed by atoms with Crippen molar-refractivity contribution in [3.63, 3.8) is 0 Å². The first kappa shape index (κ1) is 22.1. The first-order valence-electron chi connectivity index (χ1n) is 10.0. The van der Waals surface area contributed by atoms with E-state index in [0.29, 0.717) is 29.1 Å². The highest BCUT2D eigenvalue weighted by Gasteiger charge is 2.21. The first-order valence-corrected chi connectivity index (χ1v) is 11.5. The summed E-state index contributed by atoms with van der Waals surface area (Å²) in [5, 5.41) is 6.54. The van der Waals surface area contributed by atoms with E-state index in [2.05, 4.69) is 19.9 Å². The van der Waals surface area contributed by atoms with Crippen molar-refractivity contribution >= 4 is 20.9 Å². The van der Waals surface area contributed by atoms with Crippen LogP contribution in [0.15, 0.2) is 59.8 Å². The fraction of sp³-hybridized carbons (Fsp3) is 0.227. The van der Waals surface area contributed by atoms with Crippen LogP contribution in [-0.2, 0) is 10.0 Å². The third-order valence-electron chi connectivity index (χ3n) is 5.37. The summed E-state index contributed by atoms with van der Waals surface area (Å²) in [5.74, 6) is -1.08. The maximum absolute atomic E-state index is 13.5. The number of halogens is 3. The maximum atomic E-state index is 13.5. The second-order valence-electron chi connectivity index (χ2n) is 7.62. The molecule has 3 N–H and O–H groups in total. The van der Waals surface area contributed by atoms with Gasteiger partial charge in [-0.25, -0.2) is 26.3 Å². The Hall–Kier alpha value is -3.11. The van der Waals surface area contributed by atoms with E-state index < -0.39 is 21.7 Å². The van der Waals surface area contributed by atoms with E-state index in [4.69, 9.17) is 0 Å². The van der Waals surface area contributed by atoms with Crippen molar-refractivity contribution in [3.8, 4) is 11.3 Å². The molecule has 0 aliphatic heterocycles. The molecule has 32 heavy (non-hydrogen) atoms. The second-order valence-corrected chi connectivity index (χ2v) is 9.39. The molecule has 6 nitrogen and oxygen atoms in total. The van der Waals surface area contributed by atoms with Gasteiger partial charge in [-0.3, -0.25) is 5.10 Å². The molecule has 1 fully saturated rings. The monoisotopic (exact) mass is 462 g/mol. The number of fused-ring (bicyclic) bond motifs is 1. The smallest absolute Gasteiger partial charge is 0.243 e. The number of hydrogen-bond acceptors (Lipinski definition) is 3. The molecule has 2 heterocycles. The normalized spacial score (nSPS) is 14.1. The number of hydrogen-bond donors (Lipinski definition) is 3. The molecule has 0 saturated heterocycles. The highest BCUT2D eigenvalue weighted by molar-refractivity contribution is 7.89. The summed E-state index contributed by atoms with van der Waals surface area (Å²) < 4.78 is 65.1. The second kappa shape index (κ2) is 9.17. The van der Waals surface area contributed by atoms with Crippen molar-refractivity contribution in [2.45, 2.75) is 24.2 Å². The predicted octanol–water partition coefficient (Wildman–Crippen LogP) is 4.74. The van der Waals surface area contributed by atoms with Gasteiger partial charge in [0.1, 0.15) is 22.3 Å². The van der Waals surface area contributed by atoms with E-state index in [9.17, 15) is 21.6 Å². The van der Waals surface area contributed by atoms with Gasteiger partial charge in [0, 0.05) is 29.9 Å². The third-order valence-corrected chi connectivity index (χ3v) is 6.76. The van der Waals surface area contributed by atoms with Gasteiger partial charge in [0.2, 0.25) is 10.0 Å². The van der Waals surface area contributed by atoms with E-state index >= 15 is 0 Å². The van der Waals surface area contributed by atoms with E-state index in [1.165, 1.54) is 37.0 Å². The van der Waals surface area contributed by atoms with Crippen molar-refractivity contribution < 1.29 is 21.6 Å². The Morgan fingerprint density at radius 1 is 1.03 bits per heavy atom. The number of H-pyrrole nitrogens is 2. The van der Waals surface area contributed by atoms with Crippen LogP contribution in [0, 0.1) is 23.4 Å². The zero-order valence-electron chi connectivity index (χ0n) is 16.9. The molecule has 0 bridgehead atoms. The van der Waals surface area contributed by atoms with Gasteiger partial charge >= 0.3 is 0 Å². The lowest BCUT2D eigenvalue weighted by Gasteiger charge is -2.25. The number of sulfonamides is 1. The highest BCUT2D eigenvalue weighted by Crippen LogP contribution is 2.27. The molecule has 0 unspecified atom stereocenters. The molecule has 2 aromatic heterocycles. The Balaban J connectivity index is 0.000000158. The lowest BCUT2D eigenvalue weighted by molar-refractivity contribution is 0.316. The summed E-state index contributed by atoms with van der Waals surface area (Å²) in [7, 11) is -3.33. The van der Waals surface area contributed by atoms with Crippen LogP contribution in [0.2, 0.25) is 0 Å². The summed E-state index contributed by atoms with van der Waals surface area (Å²) in [5.41, 5.74) is 1.58. The minimum atomic E-state index is -3.33. The number of benzene rings is 2. The molecule has 2 aromatic carbocycles. The fourth-order valence-corrected chi connectivity index (χ4v) is 4.37. The summed E-state index contributed by atoms with van der Waals surface area (Å²) >= 11 is 0. The predicted molar refractivity (Wildman–Crippen MR) is 115 cm³/mol. The molecule has 5 rings (SSSR count). The number of nitrogens with zero attached hydrogens (tertiary/aromatic N) is 1. The van der Waals surface area contributed by atoms with Crippen molar-refractivity contribution in [3.05, 3.63) is 72.3 Å². The molecular weight excluding hydrogens is 441 g/mol. The Labute approximate surface area is 182 Å². The highest BCUT2D eigenvalue weighted by atomic mass is 32.2. The standard InChI is InChI=1S/C14H8F3N.C8H13N3O2S/c15-10-3-1-8(2-4-10)13-6-9-5-11(16)7-12(17)14(9)18-13;12-14(13,8-5-9-10-6-8)11-4-7-2-1-3-7/h1-7,18H;5-7,11H,1-4H2,(H,9,10). The van der Waals surface area contributed by atoms with Crippen molar-refractivity contribution in [2.75, 3.05) is 6.54 Å². The first-order chi connectivity index (χ1) is 15.3. The SMILES string of the molecule is Fc1ccc(-c2cc3cc(F)cc(F)c3[nH]2)cc1.O=S(=O)(NCC1CCC1)c1cn[nH]c1. The van der Waals surface area contributed by atoms with Crippen molar-refractivity contribution in [2.24, 2.45) is 5.92 Å². The van der Waals surface area contributed by atoms with Gasteiger partial charge in [-0.05, 0) is 60.7 Å². The van der Waals surface area contributed by atoms with Crippen molar-refractivity contribution in [1.29, 1.82) is 0 Å². The number of aromatic nitrogens is 3. The molecular formula is C22H21F3N4O2S. The van der Waals surface area contributed by atoms with Gasteiger partial charge in [-0.1, -0.05) is 6.42 Å². The van der Waals surface area contributed by atoms with Crippen LogP contribution < -0.4 is 4.72 Å². The Bertz CT molecular complexity index is 1300. The molecule has 4 aromatic rings. The molecule has 1 saturated carbocycles. The van der Waals surface area contributed by atoms with Crippen LogP contribution in [0.5, 0.6) is 0 Å². The van der Waals surface area contributed by atoms with Crippen LogP contribution in [0.25, 0.3) is 22.2 Å². The number of rotatable bonds is 5. The molecule has 0 spiro atoms. The fourth-order valence-electron chi connectivity index (χ4n) is 3.34. The zero-order valence-corrected chi connectivity index (χ0v) is 17.7. The van der Waals surface area contributed by atoms with Gasteiger partial charge < -0.3 is 4.98 Å². The Kier molecular flexibility index (Phi) is 6.33. The van der Waals surface area contributed by atoms with Crippen molar-refractivity contribution in [1.82, 2.24) is 19.9 Å². The van der Waals surface area contributed by atoms with Crippen LogP contribution in [0.3, 0.4) is 0 Å². The quantitative estimate of drug-likeness (QED) is 0.400. The summed E-state index contributed by atoms with van der Waals surface area (Å²) in [6.07, 6.45) is 6.17. The van der Waals surface area contributed by atoms with Gasteiger partial charge in [0.05, 0.1) is 11.7 Å². The van der Waals surface area contributed by atoms with Gasteiger partial charge in [-0.15, -0.1) is 0 Å². The largest absolute Gasteiger partial charge is 0.352 e. The lowest BCUT2D eigenvalue weighted by atomic mass is 9.86. The topological polar surface area (TPSA) is 90.6 Å². The van der Waals surface area contributed by atoms with E-state index in [0.717, 1.165) is 18.9 Å². The molecule has 0 amide bonds. The molecule has 1 aliphatic carbocycles. The minimum absolute atomic E-state index is 0.205. The van der Waals surface area contributed by atoms with Gasteiger partial charge in [-0.2, -0.15) is 5.10 Å². The lowest BCUT2D eigenvalue weighted by Crippen LogP contribution is -2.32. The molecule has 1 aliphatic rings. The minimum Gasteiger partial charge on any atom is -0.352 e. The summed E-state index contributed by atoms with van der Waals surface area (Å²) in [6.45, 7) is 0.549. The number of aromatic amines is 2. The molecule has 168 valence electrons. The van der Waals surface area contributed by atoms with Crippen LogP contribution >= 0.6 is 0 Å². The third kappa shape index (κ3) is 5.03. The van der Waals surface area contributed by atoms with Gasteiger partial charge in [0.25, 0.3) is 0 Å². The zero-order chi connectivity index (χ0) is 22.7.